The molecule has 0 atom stereocenters. The van der Waals surface area contributed by atoms with Crippen LogP contribution in [0.25, 0.3) is 0 Å². The van der Waals surface area contributed by atoms with Gasteiger partial charge >= 0.3 is 0 Å². The van der Waals surface area contributed by atoms with E-state index in [1.165, 1.54) is 11.8 Å². The van der Waals surface area contributed by atoms with Gasteiger partial charge in [0.05, 0.1) is 4.90 Å². The minimum atomic E-state index is -3.63. The Labute approximate surface area is 96.8 Å². The van der Waals surface area contributed by atoms with Crippen LogP contribution < -0.4 is 0 Å². The zero-order valence-corrected chi connectivity index (χ0v) is 10.9. The van der Waals surface area contributed by atoms with Gasteiger partial charge in [0.1, 0.15) is 0 Å². The van der Waals surface area contributed by atoms with Crippen LogP contribution in [0.4, 0.5) is 0 Å². The first-order valence-electron chi connectivity index (χ1n) is 3.65. The maximum atomic E-state index is 11.2. The second-order valence-electron chi connectivity index (χ2n) is 2.45. The summed E-state index contributed by atoms with van der Waals surface area (Å²) in [5.41, 5.74) is 0. The molecule has 1 rings (SSSR count). The quantitative estimate of drug-likeness (QED) is 0.623. The molecule has 6 heteroatoms. The zero-order valence-electron chi connectivity index (χ0n) is 7.65. The van der Waals surface area contributed by atoms with E-state index in [2.05, 4.69) is 0 Å². The van der Waals surface area contributed by atoms with Crippen LogP contribution in [0.2, 0.25) is 0 Å². The van der Waals surface area contributed by atoms with Crippen LogP contribution in [0.1, 0.15) is 0 Å². The van der Waals surface area contributed by atoms with E-state index in [0.29, 0.717) is 4.90 Å². The van der Waals surface area contributed by atoms with Gasteiger partial charge in [-0.05, 0) is 30.7 Å². The Morgan fingerprint density at radius 1 is 1.21 bits per heavy atom. The van der Waals surface area contributed by atoms with E-state index in [1.807, 2.05) is 18.6 Å². The molecule has 1 aromatic carbocycles. The van der Waals surface area contributed by atoms with E-state index in [0.717, 1.165) is 4.90 Å². The van der Waals surface area contributed by atoms with Crippen molar-refractivity contribution >= 4 is 43.3 Å². The molecule has 0 N–H and O–H groups in total. The fourth-order valence-corrected chi connectivity index (χ4v) is 3.65. The van der Waals surface area contributed by atoms with Crippen LogP contribution in [0.5, 0.6) is 0 Å². The second kappa shape index (κ2) is 4.79. The zero-order chi connectivity index (χ0) is 10.8. The van der Waals surface area contributed by atoms with Gasteiger partial charge < -0.3 is 0 Å². The molecule has 0 aliphatic rings. The Balaban J connectivity index is 3.33. The summed E-state index contributed by atoms with van der Waals surface area (Å²) >= 11 is 2.94. The molecule has 0 aliphatic heterocycles. The van der Waals surface area contributed by atoms with Gasteiger partial charge in [-0.1, -0.05) is 0 Å². The third-order valence-electron chi connectivity index (χ3n) is 1.63. The second-order valence-corrected chi connectivity index (χ2v) is 6.72. The van der Waals surface area contributed by atoms with Gasteiger partial charge in [0.15, 0.2) is 0 Å². The maximum absolute atomic E-state index is 11.2. The lowest BCUT2D eigenvalue weighted by Crippen LogP contribution is -1.93. The number of halogens is 1. The van der Waals surface area contributed by atoms with Gasteiger partial charge in [-0.3, -0.25) is 0 Å². The lowest BCUT2D eigenvalue weighted by Gasteiger charge is -2.05. The highest BCUT2D eigenvalue weighted by Gasteiger charge is 2.15. The van der Waals surface area contributed by atoms with Gasteiger partial charge in [-0.2, -0.15) is 0 Å². The predicted octanol–water partition coefficient (Wildman–Crippen LogP) is 3.06. The van der Waals surface area contributed by atoms with E-state index >= 15 is 0 Å². The molecule has 0 saturated carbocycles. The van der Waals surface area contributed by atoms with E-state index < -0.39 is 9.05 Å². The Hall–Kier alpha value is 0.160. The van der Waals surface area contributed by atoms with Gasteiger partial charge in [0, 0.05) is 20.5 Å². The minimum Gasteiger partial charge on any atom is -0.207 e. The highest BCUT2D eigenvalue weighted by molar-refractivity contribution is 8.14. The third kappa shape index (κ3) is 2.82. The van der Waals surface area contributed by atoms with E-state index in [1.54, 1.807) is 23.9 Å². The molecule has 0 bridgehead atoms. The number of rotatable bonds is 3. The lowest BCUT2D eigenvalue weighted by atomic mass is 10.4. The van der Waals surface area contributed by atoms with Gasteiger partial charge in [-0.25, -0.2) is 8.42 Å². The fourth-order valence-electron chi connectivity index (χ4n) is 0.976. The standard InChI is InChI=1S/C8H9ClO2S3/c1-12-6-3-4-8(14(9,10)11)7(5-6)13-2/h3-5H,1-2H3. The third-order valence-corrected chi connectivity index (χ3v) is 4.65. The summed E-state index contributed by atoms with van der Waals surface area (Å²) in [7, 11) is 1.66. The number of hydrogen-bond donors (Lipinski definition) is 0. The van der Waals surface area contributed by atoms with Crippen LogP contribution in [-0.2, 0) is 9.05 Å². The van der Waals surface area contributed by atoms with Gasteiger partial charge in [0.2, 0.25) is 0 Å². The van der Waals surface area contributed by atoms with Crippen molar-refractivity contribution in [1.29, 1.82) is 0 Å². The summed E-state index contributed by atoms with van der Waals surface area (Å²) < 4.78 is 22.3. The molecule has 0 aliphatic carbocycles. The lowest BCUT2D eigenvalue weighted by molar-refractivity contribution is 0.607. The topological polar surface area (TPSA) is 34.1 Å². The summed E-state index contributed by atoms with van der Waals surface area (Å²) in [6.07, 6.45) is 3.76. The van der Waals surface area contributed by atoms with Crippen LogP contribution >= 0.6 is 34.2 Å². The van der Waals surface area contributed by atoms with Crippen LogP contribution in [0.3, 0.4) is 0 Å². The average Bonchev–Trinajstić information content (AvgIpc) is 2.15. The highest BCUT2D eigenvalue weighted by atomic mass is 35.7. The smallest absolute Gasteiger partial charge is 0.207 e. The summed E-state index contributed by atoms with van der Waals surface area (Å²) in [6, 6.07) is 5.12. The normalized spacial score (nSPS) is 11.6. The van der Waals surface area contributed by atoms with Crippen molar-refractivity contribution in [3.8, 4) is 0 Å². The minimum absolute atomic E-state index is 0.185. The first-order valence-corrected chi connectivity index (χ1v) is 8.41. The van der Waals surface area contributed by atoms with Crippen LogP contribution in [0.15, 0.2) is 32.9 Å². The fraction of sp³-hybridized carbons (Fsp3) is 0.250. The molecule has 0 amide bonds. The van der Waals surface area contributed by atoms with E-state index in [4.69, 9.17) is 10.7 Å². The van der Waals surface area contributed by atoms with Crippen molar-refractivity contribution in [2.45, 2.75) is 14.7 Å². The molecule has 0 spiro atoms. The number of thioether (sulfide) groups is 2. The van der Waals surface area contributed by atoms with Crippen LogP contribution in [0, 0.1) is 0 Å². The highest BCUT2D eigenvalue weighted by Crippen LogP contribution is 2.30. The SMILES string of the molecule is CSc1ccc(S(=O)(=O)Cl)c(SC)c1. The Kier molecular flexibility index (Phi) is 4.18. The molecular formula is C8H9ClO2S3. The van der Waals surface area contributed by atoms with Crippen molar-refractivity contribution < 1.29 is 8.42 Å². The molecule has 14 heavy (non-hydrogen) atoms. The van der Waals surface area contributed by atoms with Crippen molar-refractivity contribution in [3.05, 3.63) is 18.2 Å². The molecule has 0 radical (unpaired) electrons. The molecule has 0 fully saturated rings. The first kappa shape index (κ1) is 12.2. The predicted molar refractivity (Wildman–Crippen MR) is 63.0 cm³/mol. The Bertz CT molecular complexity index is 428. The number of hydrogen-bond acceptors (Lipinski definition) is 4. The van der Waals surface area contributed by atoms with Crippen molar-refractivity contribution in [2.24, 2.45) is 0 Å². The van der Waals surface area contributed by atoms with Gasteiger partial charge in [0.25, 0.3) is 9.05 Å². The monoisotopic (exact) mass is 268 g/mol. The molecule has 2 nitrogen and oxygen atoms in total. The molecule has 78 valence electrons. The average molecular weight is 269 g/mol. The van der Waals surface area contributed by atoms with Crippen molar-refractivity contribution in [2.75, 3.05) is 12.5 Å². The van der Waals surface area contributed by atoms with Crippen molar-refractivity contribution in [1.82, 2.24) is 0 Å². The summed E-state index contributed by atoms with van der Waals surface area (Å²) in [5, 5.41) is 0. The molecule has 0 saturated heterocycles. The summed E-state index contributed by atoms with van der Waals surface area (Å²) in [5.74, 6) is 0. The number of benzene rings is 1. The Morgan fingerprint density at radius 2 is 1.86 bits per heavy atom. The van der Waals surface area contributed by atoms with Crippen LogP contribution in [-0.4, -0.2) is 20.9 Å². The largest absolute Gasteiger partial charge is 0.262 e. The molecule has 1 aromatic rings. The van der Waals surface area contributed by atoms with E-state index in [-0.39, 0.29) is 4.90 Å². The summed E-state index contributed by atoms with van der Waals surface area (Å²) in [4.78, 5) is 1.90. The van der Waals surface area contributed by atoms with Crippen molar-refractivity contribution in [3.63, 3.8) is 0 Å². The van der Waals surface area contributed by atoms with Gasteiger partial charge in [-0.15, -0.1) is 23.5 Å². The first-order chi connectivity index (χ1) is 6.49. The van der Waals surface area contributed by atoms with E-state index in [9.17, 15) is 8.42 Å². The molecule has 0 heterocycles. The molecular weight excluding hydrogens is 260 g/mol. The maximum Gasteiger partial charge on any atom is 0.262 e. The summed E-state index contributed by atoms with van der Waals surface area (Å²) in [6.45, 7) is 0. The molecule has 0 unspecified atom stereocenters. The Morgan fingerprint density at radius 3 is 2.29 bits per heavy atom. The molecule has 0 aromatic heterocycles.